The number of rotatable bonds is 4. The molecule has 132 valence electrons. The van der Waals surface area contributed by atoms with E-state index in [-0.39, 0.29) is 24.0 Å². The highest BCUT2D eigenvalue weighted by Gasteiger charge is 2.33. The maximum atomic E-state index is 4.46. The van der Waals surface area contributed by atoms with E-state index in [9.17, 15) is 0 Å². The first-order valence-corrected chi connectivity index (χ1v) is 8.52. The molecule has 24 heavy (non-hydrogen) atoms. The fourth-order valence-corrected chi connectivity index (χ4v) is 3.35. The Bertz CT molecular complexity index is 696. The van der Waals surface area contributed by atoms with Gasteiger partial charge < -0.3 is 15.2 Å². The molecule has 0 radical (unpaired) electrons. The summed E-state index contributed by atoms with van der Waals surface area (Å²) in [6.07, 6.45) is 7.32. The molecule has 5 nitrogen and oxygen atoms in total. The molecule has 0 amide bonds. The van der Waals surface area contributed by atoms with Crippen LogP contribution in [0.3, 0.4) is 0 Å². The number of aliphatic imine (C=N–C) groups is 1. The lowest BCUT2D eigenvalue weighted by molar-refractivity contribution is 0.322. The van der Waals surface area contributed by atoms with Crippen LogP contribution in [0.1, 0.15) is 32.3 Å². The fraction of sp³-hybridized carbons (Fsp3) is 0.556. The van der Waals surface area contributed by atoms with Crippen molar-refractivity contribution < 1.29 is 0 Å². The number of H-pyrrole nitrogens is 1. The Morgan fingerprint density at radius 1 is 1.50 bits per heavy atom. The van der Waals surface area contributed by atoms with E-state index in [2.05, 4.69) is 51.3 Å². The maximum Gasteiger partial charge on any atom is 0.193 e. The standard InChI is InChI=1S/C18H27N5.HI/c1-4-18(2)8-11-23(13-18)17(19-3)21-10-7-14-12-22-16-15(14)6-5-9-20-16;/h5-6,9,12H,4,7-8,10-11,13H2,1-3H3,(H,19,21)(H,20,22);1H. The van der Waals surface area contributed by atoms with Gasteiger partial charge in [0, 0.05) is 44.5 Å². The number of halogens is 1. The topological polar surface area (TPSA) is 56.3 Å². The van der Waals surface area contributed by atoms with Crippen LogP contribution in [-0.4, -0.2) is 47.5 Å². The Morgan fingerprint density at radius 3 is 3.04 bits per heavy atom. The van der Waals surface area contributed by atoms with Gasteiger partial charge in [0.25, 0.3) is 0 Å². The maximum absolute atomic E-state index is 4.46. The molecule has 1 saturated heterocycles. The zero-order chi connectivity index (χ0) is 16.3. The average Bonchev–Trinajstić information content (AvgIpc) is 3.16. The molecule has 3 heterocycles. The molecule has 1 unspecified atom stereocenters. The minimum Gasteiger partial charge on any atom is -0.356 e. The van der Waals surface area contributed by atoms with E-state index in [1.165, 1.54) is 23.8 Å². The summed E-state index contributed by atoms with van der Waals surface area (Å²) < 4.78 is 0. The van der Waals surface area contributed by atoms with Crippen molar-refractivity contribution in [3.8, 4) is 0 Å². The molecule has 0 aromatic carbocycles. The molecule has 0 aliphatic carbocycles. The van der Waals surface area contributed by atoms with Crippen LogP contribution in [0.5, 0.6) is 0 Å². The molecule has 1 atom stereocenters. The van der Waals surface area contributed by atoms with Crippen molar-refractivity contribution in [2.45, 2.75) is 33.1 Å². The number of guanidine groups is 1. The van der Waals surface area contributed by atoms with E-state index in [1.807, 2.05) is 19.3 Å². The molecule has 1 aliphatic heterocycles. The van der Waals surface area contributed by atoms with E-state index in [0.717, 1.165) is 37.7 Å². The van der Waals surface area contributed by atoms with Crippen molar-refractivity contribution in [1.29, 1.82) is 0 Å². The second kappa shape index (κ2) is 8.18. The average molecular weight is 441 g/mol. The first kappa shape index (κ1) is 19.0. The van der Waals surface area contributed by atoms with Crippen LogP contribution in [-0.2, 0) is 6.42 Å². The quantitative estimate of drug-likeness (QED) is 0.435. The van der Waals surface area contributed by atoms with Crippen LogP contribution >= 0.6 is 24.0 Å². The van der Waals surface area contributed by atoms with E-state index >= 15 is 0 Å². The minimum absolute atomic E-state index is 0. The number of nitrogens with zero attached hydrogens (tertiary/aromatic N) is 3. The lowest BCUT2D eigenvalue weighted by Gasteiger charge is -2.25. The molecule has 0 spiro atoms. The lowest BCUT2D eigenvalue weighted by atomic mass is 9.87. The molecular weight excluding hydrogens is 413 g/mol. The zero-order valence-electron chi connectivity index (χ0n) is 14.8. The predicted octanol–water partition coefficient (Wildman–Crippen LogP) is 3.42. The third-order valence-corrected chi connectivity index (χ3v) is 5.14. The summed E-state index contributed by atoms with van der Waals surface area (Å²) in [4.78, 5) is 14.4. The van der Waals surface area contributed by atoms with Gasteiger partial charge in [0.15, 0.2) is 5.96 Å². The monoisotopic (exact) mass is 441 g/mol. The normalized spacial score (nSPS) is 21.1. The SMILES string of the molecule is CCC1(C)CCN(C(=NC)NCCc2c[nH]c3ncccc23)C1.I. The van der Waals surface area contributed by atoms with Gasteiger partial charge in [-0.15, -0.1) is 24.0 Å². The van der Waals surface area contributed by atoms with Gasteiger partial charge >= 0.3 is 0 Å². The van der Waals surface area contributed by atoms with E-state index < -0.39 is 0 Å². The molecule has 0 bridgehead atoms. The van der Waals surface area contributed by atoms with Gasteiger partial charge in [0.05, 0.1) is 0 Å². The number of likely N-dealkylation sites (tertiary alicyclic amines) is 1. The Kier molecular flexibility index (Phi) is 6.48. The Labute approximate surface area is 161 Å². The van der Waals surface area contributed by atoms with Gasteiger partial charge in [-0.25, -0.2) is 4.98 Å². The number of pyridine rings is 1. The number of aromatic nitrogens is 2. The first-order valence-electron chi connectivity index (χ1n) is 8.52. The van der Waals surface area contributed by atoms with Gasteiger partial charge in [0.2, 0.25) is 0 Å². The Hall–Kier alpha value is -1.31. The number of hydrogen-bond donors (Lipinski definition) is 2. The van der Waals surface area contributed by atoms with Gasteiger partial charge in [-0.05, 0) is 42.4 Å². The van der Waals surface area contributed by atoms with Crippen molar-refractivity contribution in [3.63, 3.8) is 0 Å². The second-order valence-corrected chi connectivity index (χ2v) is 6.77. The summed E-state index contributed by atoms with van der Waals surface area (Å²) in [6.45, 7) is 7.74. The summed E-state index contributed by atoms with van der Waals surface area (Å²) in [5.74, 6) is 1.03. The molecule has 2 N–H and O–H groups in total. The van der Waals surface area contributed by atoms with Crippen LogP contribution < -0.4 is 5.32 Å². The minimum atomic E-state index is 0. The summed E-state index contributed by atoms with van der Waals surface area (Å²) in [6, 6.07) is 4.11. The van der Waals surface area contributed by atoms with Crippen molar-refractivity contribution in [2.75, 3.05) is 26.7 Å². The van der Waals surface area contributed by atoms with E-state index in [4.69, 9.17) is 0 Å². The summed E-state index contributed by atoms with van der Waals surface area (Å²) >= 11 is 0. The molecule has 2 aromatic heterocycles. The first-order chi connectivity index (χ1) is 11.1. The van der Waals surface area contributed by atoms with Crippen molar-refractivity contribution >= 4 is 41.0 Å². The highest BCUT2D eigenvalue weighted by Crippen LogP contribution is 2.32. The number of nitrogens with one attached hydrogen (secondary N) is 2. The highest BCUT2D eigenvalue weighted by molar-refractivity contribution is 14.0. The molecule has 3 rings (SSSR count). The van der Waals surface area contributed by atoms with Crippen molar-refractivity contribution in [1.82, 2.24) is 20.2 Å². The van der Waals surface area contributed by atoms with Crippen molar-refractivity contribution in [2.24, 2.45) is 10.4 Å². The van der Waals surface area contributed by atoms with Crippen LogP contribution in [0.2, 0.25) is 0 Å². The van der Waals surface area contributed by atoms with Crippen LogP contribution in [0.25, 0.3) is 11.0 Å². The van der Waals surface area contributed by atoms with Crippen LogP contribution in [0.4, 0.5) is 0 Å². The lowest BCUT2D eigenvalue weighted by Crippen LogP contribution is -2.41. The summed E-state index contributed by atoms with van der Waals surface area (Å²) in [5, 5.41) is 4.73. The molecular formula is C18H28IN5. The van der Waals surface area contributed by atoms with E-state index in [1.54, 1.807) is 0 Å². The van der Waals surface area contributed by atoms with Crippen LogP contribution in [0.15, 0.2) is 29.5 Å². The largest absolute Gasteiger partial charge is 0.356 e. The molecule has 1 fully saturated rings. The zero-order valence-corrected chi connectivity index (χ0v) is 17.1. The molecule has 0 saturated carbocycles. The number of hydrogen-bond acceptors (Lipinski definition) is 2. The van der Waals surface area contributed by atoms with Gasteiger partial charge in [-0.1, -0.05) is 13.8 Å². The van der Waals surface area contributed by atoms with Crippen LogP contribution in [0, 0.1) is 5.41 Å². The molecule has 6 heteroatoms. The number of aromatic amines is 1. The highest BCUT2D eigenvalue weighted by atomic mass is 127. The Balaban J connectivity index is 0.00000208. The smallest absolute Gasteiger partial charge is 0.193 e. The third-order valence-electron chi connectivity index (χ3n) is 5.14. The summed E-state index contributed by atoms with van der Waals surface area (Å²) in [7, 11) is 1.87. The second-order valence-electron chi connectivity index (χ2n) is 6.77. The molecule has 1 aliphatic rings. The molecule has 2 aromatic rings. The number of fused-ring (bicyclic) bond motifs is 1. The third kappa shape index (κ3) is 4.02. The fourth-order valence-electron chi connectivity index (χ4n) is 3.35. The Morgan fingerprint density at radius 2 is 2.33 bits per heavy atom. The van der Waals surface area contributed by atoms with Gasteiger partial charge in [-0.3, -0.25) is 4.99 Å². The predicted molar refractivity (Wildman–Crippen MR) is 111 cm³/mol. The van der Waals surface area contributed by atoms with Gasteiger partial charge in [0.1, 0.15) is 5.65 Å². The summed E-state index contributed by atoms with van der Waals surface area (Å²) in [5.41, 5.74) is 2.70. The van der Waals surface area contributed by atoms with Crippen molar-refractivity contribution in [3.05, 3.63) is 30.1 Å². The van der Waals surface area contributed by atoms with E-state index in [0.29, 0.717) is 5.41 Å². The van der Waals surface area contributed by atoms with Gasteiger partial charge in [-0.2, -0.15) is 0 Å².